The van der Waals surface area contributed by atoms with Gasteiger partial charge in [-0.3, -0.25) is 13.9 Å². The summed E-state index contributed by atoms with van der Waals surface area (Å²) in [4.78, 5) is 28.7. The minimum atomic E-state index is -3.81. The molecule has 2 amide bonds. The zero-order valence-electron chi connectivity index (χ0n) is 22.2. The van der Waals surface area contributed by atoms with E-state index in [0.29, 0.717) is 17.7 Å². The highest BCUT2D eigenvalue weighted by atomic mass is 32.2. The number of halogens is 1. The van der Waals surface area contributed by atoms with E-state index >= 15 is 0 Å². The first-order valence-electron chi connectivity index (χ1n) is 12.9. The van der Waals surface area contributed by atoms with E-state index in [1.807, 2.05) is 13.0 Å². The number of rotatable bonds is 10. The van der Waals surface area contributed by atoms with Crippen molar-refractivity contribution in [2.75, 3.05) is 17.1 Å². The average Bonchev–Trinajstić information content (AvgIpc) is 2.84. The van der Waals surface area contributed by atoms with Gasteiger partial charge in [0.15, 0.2) is 0 Å². The number of anilines is 1. The molecular weight excluding hydrogens is 493 g/mol. The quantitative estimate of drug-likeness (QED) is 0.490. The highest BCUT2D eigenvalue weighted by Crippen LogP contribution is 2.27. The number of carbonyl (C=O) groups excluding carboxylic acids is 2. The van der Waals surface area contributed by atoms with Crippen LogP contribution < -0.4 is 9.62 Å². The second kappa shape index (κ2) is 12.5. The number of amides is 2. The molecular formula is C28H38FN3O4S. The maximum Gasteiger partial charge on any atom is 0.244 e. The first kappa shape index (κ1) is 28.6. The van der Waals surface area contributed by atoms with Crippen molar-refractivity contribution < 1.29 is 22.4 Å². The van der Waals surface area contributed by atoms with Crippen LogP contribution >= 0.6 is 0 Å². The molecule has 0 aromatic heterocycles. The third-order valence-electron chi connectivity index (χ3n) is 6.97. The molecule has 9 heteroatoms. The van der Waals surface area contributed by atoms with E-state index in [4.69, 9.17) is 0 Å². The summed E-state index contributed by atoms with van der Waals surface area (Å²) >= 11 is 0. The van der Waals surface area contributed by atoms with Crippen LogP contribution in [-0.2, 0) is 26.2 Å². The summed E-state index contributed by atoms with van der Waals surface area (Å²) in [5.74, 6) is -1.15. The topological polar surface area (TPSA) is 86.8 Å². The number of aryl methyl sites for hydroxylation is 2. The van der Waals surface area contributed by atoms with Crippen molar-refractivity contribution in [1.29, 1.82) is 0 Å². The molecule has 1 unspecified atom stereocenters. The summed E-state index contributed by atoms with van der Waals surface area (Å²) in [5.41, 5.74) is 2.56. The van der Waals surface area contributed by atoms with Crippen molar-refractivity contribution in [3.8, 4) is 0 Å². The predicted molar refractivity (Wildman–Crippen MR) is 144 cm³/mol. The first-order chi connectivity index (χ1) is 17.5. The zero-order valence-corrected chi connectivity index (χ0v) is 23.0. The lowest BCUT2D eigenvalue weighted by Crippen LogP contribution is -2.54. The van der Waals surface area contributed by atoms with E-state index in [-0.39, 0.29) is 18.5 Å². The number of hydrogen-bond donors (Lipinski definition) is 1. The molecule has 0 saturated heterocycles. The second-order valence-corrected chi connectivity index (χ2v) is 11.8. The summed E-state index contributed by atoms with van der Waals surface area (Å²) in [6.07, 6.45) is 6.50. The van der Waals surface area contributed by atoms with Crippen LogP contribution in [0.1, 0.15) is 62.1 Å². The molecule has 202 valence electrons. The van der Waals surface area contributed by atoms with Gasteiger partial charge in [-0.05, 0) is 61.9 Å². The van der Waals surface area contributed by atoms with Gasteiger partial charge in [0, 0.05) is 12.6 Å². The van der Waals surface area contributed by atoms with Crippen molar-refractivity contribution in [3.05, 3.63) is 65.0 Å². The number of benzene rings is 2. The van der Waals surface area contributed by atoms with Crippen LogP contribution in [0.15, 0.2) is 42.5 Å². The van der Waals surface area contributed by atoms with Gasteiger partial charge in [-0.25, -0.2) is 12.8 Å². The number of nitrogens with one attached hydrogen (secondary N) is 1. The monoisotopic (exact) mass is 531 g/mol. The number of carbonyl (C=O) groups is 2. The Morgan fingerprint density at radius 3 is 2.16 bits per heavy atom. The Labute approximate surface area is 220 Å². The Balaban J connectivity index is 1.94. The van der Waals surface area contributed by atoms with Crippen molar-refractivity contribution in [3.63, 3.8) is 0 Å². The van der Waals surface area contributed by atoms with E-state index < -0.39 is 34.3 Å². The minimum Gasteiger partial charge on any atom is -0.352 e. The Kier molecular flexibility index (Phi) is 9.70. The van der Waals surface area contributed by atoms with Gasteiger partial charge in [0.25, 0.3) is 0 Å². The van der Waals surface area contributed by atoms with Crippen molar-refractivity contribution in [2.24, 2.45) is 0 Å². The lowest BCUT2D eigenvalue weighted by atomic mass is 9.95. The number of nitrogens with zero attached hydrogens (tertiary/aromatic N) is 2. The molecule has 37 heavy (non-hydrogen) atoms. The van der Waals surface area contributed by atoms with Crippen LogP contribution in [0.2, 0.25) is 0 Å². The van der Waals surface area contributed by atoms with Crippen LogP contribution in [0.25, 0.3) is 0 Å². The molecule has 0 bridgehead atoms. The molecule has 1 aliphatic carbocycles. The fourth-order valence-corrected chi connectivity index (χ4v) is 5.99. The molecule has 1 saturated carbocycles. The van der Waals surface area contributed by atoms with E-state index in [1.165, 1.54) is 17.0 Å². The van der Waals surface area contributed by atoms with E-state index in [9.17, 15) is 22.4 Å². The molecule has 0 heterocycles. The lowest BCUT2D eigenvalue weighted by molar-refractivity contribution is -0.140. The molecule has 7 nitrogen and oxygen atoms in total. The van der Waals surface area contributed by atoms with Gasteiger partial charge >= 0.3 is 0 Å². The minimum absolute atomic E-state index is 0.0556. The summed E-state index contributed by atoms with van der Waals surface area (Å²) in [6.45, 7) is 5.04. The normalized spacial score (nSPS) is 15.2. The molecule has 0 radical (unpaired) electrons. The highest BCUT2D eigenvalue weighted by molar-refractivity contribution is 7.92. The smallest absolute Gasteiger partial charge is 0.244 e. The number of sulfonamides is 1. The Bertz CT molecular complexity index is 1170. The average molecular weight is 532 g/mol. The van der Waals surface area contributed by atoms with Gasteiger partial charge in [0.05, 0.1) is 11.9 Å². The van der Waals surface area contributed by atoms with Gasteiger partial charge in [-0.15, -0.1) is 0 Å². The fourth-order valence-electron chi connectivity index (χ4n) is 5.03. The third kappa shape index (κ3) is 7.53. The predicted octanol–water partition coefficient (Wildman–Crippen LogP) is 4.46. The molecule has 1 N–H and O–H groups in total. The van der Waals surface area contributed by atoms with Crippen molar-refractivity contribution in [2.45, 2.75) is 77.9 Å². The van der Waals surface area contributed by atoms with Gasteiger partial charge in [0.1, 0.15) is 18.4 Å². The molecule has 1 atom stereocenters. The van der Waals surface area contributed by atoms with Crippen LogP contribution in [0, 0.1) is 19.7 Å². The van der Waals surface area contributed by atoms with E-state index in [2.05, 4.69) is 5.32 Å². The van der Waals surface area contributed by atoms with E-state index in [0.717, 1.165) is 53.8 Å². The third-order valence-corrected chi connectivity index (χ3v) is 8.08. The SMILES string of the molecule is CCC(C(=O)NC1CCCCC1)N(Cc1ccc(F)cc1)C(=O)CN(c1c(C)cccc1C)S(C)(=O)=O. The first-order valence-corrected chi connectivity index (χ1v) is 14.7. The van der Waals surface area contributed by atoms with Gasteiger partial charge in [-0.1, -0.05) is 56.5 Å². The molecule has 1 fully saturated rings. The van der Waals surface area contributed by atoms with Gasteiger partial charge in [0.2, 0.25) is 21.8 Å². The number of para-hydroxylation sites is 1. The molecule has 0 spiro atoms. The molecule has 3 rings (SSSR count). The molecule has 1 aliphatic rings. The van der Waals surface area contributed by atoms with Crippen LogP contribution in [0.3, 0.4) is 0 Å². The zero-order chi connectivity index (χ0) is 27.2. The molecule has 2 aromatic rings. The standard InChI is InChI=1S/C28H38FN3O4S/c1-5-25(28(34)30-24-12-7-6-8-13-24)31(18-22-14-16-23(29)17-15-22)26(33)19-32(37(4,35)36)27-20(2)10-9-11-21(27)3/h9-11,14-17,24-25H,5-8,12-13,18-19H2,1-4H3,(H,30,34). The maximum atomic E-state index is 13.8. The summed E-state index contributed by atoms with van der Waals surface area (Å²) < 4.78 is 40.4. The van der Waals surface area contributed by atoms with Crippen LogP contribution in [-0.4, -0.2) is 50.0 Å². The van der Waals surface area contributed by atoms with Gasteiger partial charge in [-0.2, -0.15) is 0 Å². The van der Waals surface area contributed by atoms with Crippen molar-refractivity contribution >= 4 is 27.5 Å². The lowest BCUT2D eigenvalue weighted by Gasteiger charge is -2.34. The van der Waals surface area contributed by atoms with E-state index in [1.54, 1.807) is 38.1 Å². The largest absolute Gasteiger partial charge is 0.352 e. The van der Waals surface area contributed by atoms with Gasteiger partial charge < -0.3 is 10.2 Å². The highest BCUT2D eigenvalue weighted by Gasteiger charge is 2.33. The van der Waals surface area contributed by atoms with Crippen LogP contribution in [0.4, 0.5) is 10.1 Å². The molecule has 0 aliphatic heterocycles. The number of hydrogen-bond acceptors (Lipinski definition) is 4. The second-order valence-electron chi connectivity index (χ2n) is 9.93. The van der Waals surface area contributed by atoms with Crippen molar-refractivity contribution in [1.82, 2.24) is 10.2 Å². The maximum absolute atomic E-state index is 13.8. The summed E-state index contributed by atoms with van der Waals surface area (Å²) in [6, 6.07) is 10.5. The Morgan fingerprint density at radius 2 is 1.62 bits per heavy atom. The Hall–Kier alpha value is -2.94. The Morgan fingerprint density at radius 1 is 1.03 bits per heavy atom. The molecule has 2 aromatic carbocycles. The van der Waals surface area contributed by atoms with Crippen LogP contribution in [0.5, 0.6) is 0 Å². The fraction of sp³-hybridized carbons (Fsp3) is 0.500. The summed E-state index contributed by atoms with van der Waals surface area (Å²) in [5, 5.41) is 3.11. The summed E-state index contributed by atoms with van der Waals surface area (Å²) in [7, 11) is -3.81.